The van der Waals surface area contributed by atoms with Crippen molar-refractivity contribution in [3.8, 4) is 11.3 Å². The number of fused-ring (bicyclic) bond motifs is 1. The van der Waals surface area contributed by atoms with Crippen molar-refractivity contribution in [1.82, 2.24) is 29.7 Å². The zero-order chi connectivity index (χ0) is 20.0. The van der Waals surface area contributed by atoms with E-state index >= 15 is 0 Å². The van der Waals surface area contributed by atoms with E-state index in [1.165, 1.54) is 0 Å². The Morgan fingerprint density at radius 2 is 2.04 bits per heavy atom. The van der Waals surface area contributed by atoms with E-state index in [0.717, 1.165) is 11.3 Å². The molecule has 0 spiro atoms. The van der Waals surface area contributed by atoms with E-state index in [1.54, 1.807) is 23.9 Å². The van der Waals surface area contributed by atoms with Gasteiger partial charge in [0.2, 0.25) is 0 Å². The van der Waals surface area contributed by atoms with Crippen LogP contribution in [0.3, 0.4) is 0 Å². The highest BCUT2D eigenvalue weighted by Gasteiger charge is 2.21. The summed E-state index contributed by atoms with van der Waals surface area (Å²) in [5, 5.41) is 16.1. The second-order valence-corrected chi connectivity index (χ2v) is 7.07. The molecule has 4 rings (SSSR count). The van der Waals surface area contributed by atoms with Gasteiger partial charge in [0.05, 0.1) is 28.5 Å². The summed E-state index contributed by atoms with van der Waals surface area (Å²) in [5.41, 5.74) is 3.70. The van der Waals surface area contributed by atoms with Gasteiger partial charge in [-0.05, 0) is 33.8 Å². The third-order valence-corrected chi connectivity index (χ3v) is 4.52. The fourth-order valence-corrected chi connectivity index (χ4v) is 3.23. The van der Waals surface area contributed by atoms with E-state index in [2.05, 4.69) is 25.7 Å². The summed E-state index contributed by atoms with van der Waals surface area (Å²) in [5.74, 6) is 0.204. The minimum atomic E-state index is -0.294. The van der Waals surface area contributed by atoms with Gasteiger partial charge < -0.3 is 9.84 Å². The van der Waals surface area contributed by atoms with Gasteiger partial charge >= 0.3 is 0 Å². The fourth-order valence-electron chi connectivity index (χ4n) is 3.23. The standard InChI is InChI=1S/C19H21N7O2/c1-10(2)26-11(3)6-16(23-26)22-18(27)14-7-15(13-8-20-25(5)9-13)21-19-17(14)12(4)24-28-19/h6-10H,1-5H3,(H,22,23,27). The van der Waals surface area contributed by atoms with E-state index in [9.17, 15) is 4.79 Å². The highest BCUT2D eigenvalue weighted by atomic mass is 16.5. The Kier molecular flexibility index (Phi) is 4.21. The number of carbonyl (C=O) groups excluding carboxylic acids is 1. The summed E-state index contributed by atoms with van der Waals surface area (Å²) < 4.78 is 8.86. The summed E-state index contributed by atoms with van der Waals surface area (Å²) in [6.45, 7) is 7.82. The van der Waals surface area contributed by atoms with Crippen molar-refractivity contribution in [1.29, 1.82) is 0 Å². The first kappa shape index (κ1) is 17.9. The van der Waals surface area contributed by atoms with Gasteiger partial charge in [-0.2, -0.15) is 10.2 Å². The molecule has 0 atom stereocenters. The molecule has 1 N–H and O–H groups in total. The summed E-state index contributed by atoms with van der Waals surface area (Å²) >= 11 is 0. The number of hydrogen-bond donors (Lipinski definition) is 1. The number of aryl methyl sites for hydroxylation is 3. The van der Waals surface area contributed by atoms with Crippen LogP contribution in [-0.2, 0) is 7.05 Å². The van der Waals surface area contributed by atoms with Crippen molar-refractivity contribution in [2.24, 2.45) is 7.05 Å². The molecule has 0 aromatic carbocycles. The smallest absolute Gasteiger partial charge is 0.259 e. The molecule has 0 aliphatic heterocycles. The fraction of sp³-hybridized carbons (Fsp3) is 0.316. The molecule has 4 aromatic rings. The molecule has 0 aliphatic carbocycles. The molecule has 0 saturated carbocycles. The average Bonchev–Trinajstić information content (AvgIpc) is 3.33. The average molecular weight is 379 g/mol. The van der Waals surface area contributed by atoms with Crippen LogP contribution in [0.5, 0.6) is 0 Å². The van der Waals surface area contributed by atoms with Gasteiger partial charge in [0.25, 0.3) is 11.6 Å². The first-order valence-electron chi connectivity index (χ1n) is 8.97. The lowest BCUT2D eigenvalue weighted by Crippen LogP contribution is -2.14. The van der Waals surface area contributed by atoms with Crippen molar-refractivity contribution < 1.29 is 9.32 Å². The van der Waals surface area contributed by atoms with Gasteiger partial charge in [-0.3, -0.25) is 14.2 Å². The van der Waals surface area contributed by atoms with Crippen LogP contribution in [0.25, 0.3) is 22.4 Å². The molecule has 28 heavy (non-hydrogen) atoms. The Hall–Kier alpha value is -3.49. The number of hydrogen-bond acceptors (Lipinski definition) is 6. The molecule has 4 aromatic heterocycles. The summed E-state index contributed by atoms with van der Waals surface area (Å²) in [6, 6.07) is 3.78. The molecule has 0 fully saturated rings. The Labute approximate surface area is 161 Å². The number of nitrogens with one attached hydrogen (secondary N) is 1. The van der Waals surface area contributed by atoms with E-state index in [0.29, 0.717) is 33.9 Å². The van der Waals surface area contributed by atoms with Gasteiger partial charge in [0.1, 0.15) is 0 Å². The highest BCUT2D eigenvalue weighted by Crippen LogP contribution is 2.27. The molecular weight excluding hydrogens is 358 g/mol. The largest absolute Gasteiger partial charge is 0.335 e. The topological polar surface area (TPSA) is 104 Å². The molecular formula is C19H21N7O2. The Morgan fingerprint density at radius 3 is 2.68 bits per heavy atom. The monoisotopic (exact) mass is 379 g/mol. The molecule has 0 bridgehead atoms. The predicted octanol–water partition coefficient (Wildman–Crippen LogP) is 3.27. The zero-order valence-corrected chi connectivity index (χ0v) is 16.4. The van der Waals surface area contributed by atoms with Crippen LogP contribution in [0.4, 0.5) is 5.82 Å². The number of carbonyl (C=O) groups is 1. The number of rotatable bonds is 4. The van der Waals surface area contributed by atoms with E-state index < -0.39 is 0 Å². The zero-order valence-electron chi connectivity index (χ0n) is 16.4. The van der Waals surface area contributed by atoms with Crippen LogP contribution in [0.15, 0.2) is 29.0 Å². The van der Waals surface area contributed by atoms with Crippen LogP contribution in [-0.4, -0.2) is 35.6 Å². The van der Waals surface area contributed by atoms with E-state index in [4.69, 9.17) is 4.52 Å². The number of nitrogens with zero attached hydrogens (tertiary/aromatic N) is 6. The van der Waals surface area contributed by atoms with Gasteiger partial charge in [-0.15, -0.1) is 0 Å². The summed E-state index contributed by atoms with van der Waals surface area (Å²) in [4.78, 5) is 17.6. The molecule has 1 amide bonds. The van der Waals surface area contributed by atoms with Gasteiger partial charge in [-0.25, -0.2) is 4.98 Å². The SMILES string of the molecule is Cc1noc2nc(-c3cnn(C)c3)cc(C(=O)Nc3cc(C)n(C(C)C)n3)c12. The van der Waals surface area contributed by atoms with Gasteiger partial charge in [-0.1, -0.05) is 5.16 Å². The number of aromatic nitrogens is 6. The van der Waals surface area contributed by atoms with Crippen molar-refractivity contribution >= 4 is 22.8 Å². The first-order chi connectivity index (χ1) is 13.3. The molecule has 144 valence electrons. The summed E-state index contributed by atoms with van der Waals surface area (Å²) in [6.07, 6.45) is 3.51. The van der Waals surface area contributed by atoms with Crippen molar-refractivity contribution in [2.45, 2.75) is 33.7 Å². The first-order valence-corrected chi connectivity index (χ1v) is 8.97. The lowest BCUT2D eigenvalue weighted by atomic mass is 10.1. The number of amides is 1. The molecule has 0 aliphatic rings. The quantitative estimate of drug-likeness (QED) is 0.584. The van der Waals surface area contributed by atoms with Crippen LogP contribution >= 0.6 is 0 Å². The Bertz CT molecular complexity index is 1180. The molecule has 0 radical (unpaired) electrons. The van der Waals surface area contributed by atoms with Crippen molar-refractivity contribution in [2.75, 3.05) is 5.32 Å². The third-order valence-electron chi connectivity index (χ3n) is 4.52. The molecule has 0 unspecified atom stereocenters. The predicted molar refractivity (Wildman–Crippen MR) is 104 cm³/mol. The molecule has 9 heteroatoms. The van der Waals surface area contributed by atoms with E-state index in [1.807, 2.05) is 44.8 Å². The number of pyridine rings is 1. The van der Waals surface area contributed by atoms with E-state index in [-0.39, 0.29) is 11.9 Å². The summed E-state index contributed by atoms with van der Waals surface area (Å²) in [7, 11) is 1.82. The highest BCUT2D eigenvalue weighted by molar-refractivity contribution is 6.12. The minimum Gasteiger partial charge on any atom is -0.335 e. The Balaban J connectivity index is 1.77. The van der Waals surface area contributed by atoms with Crippen LogP contribution < -0.4 is 5.32 Å². The van der Waals surface area contributed by atoms with Crippen LogP contribution in [0.2, 0.25) is 0 Å². The van der Waals surface area contributed by atoms with Gasteiger partial charge in [0.15, 0.2) is 5.82 Å². The molecule has 9 nitrogen and oxygen atoms in total. The van der Waals surface area contributed by atoms with Crippen molar-refractivity contribution in [3.05, 3.63) is 41.5 Å². The minimum absolute atomic E-state index is 0.204. The maximum absolute atomic E-state index is 13.1. The van der Waals surface area contributed by atoms with Crippen LogP contribution in [0, 0.1) is 13.8 Å². The van der Waals surface area contributed by atoms with Crippen LogP contribution in [0.1, 0.15) is 41.6 Å². The maximum atomic E-state index is 13.1. The Morgan fingerprint density at radius 1 is 1.25 bits per heavy atom. The van der Waals surface area contributed by atoms with Gasteiger partial charge in [0, 0.05) is 36.6 Å². The number of anilines is 1. The normalized spacial score (nSPS) is 11.5. The third kappa shape index (κ3) is 3.04. The molecule has 0 saturated heterocycles. The van der Waals surface area contributed by atoms with Crippen molar-refractivity contribution in [3.63, 3.8) is 0 Å². The lowest BCUT2D eigenvalue weighted by molar-refractivity contribution is 0.102. The lowest BCUT2D eigenvalue weighted by Gasteiger charge is -2.07. The molecule has 4 heterocycles. The maximum Gasteiger partial charge on any atom is 0.259 e. The second-order valence-electron chi connectivity index (χ2n) is 7.07. The second kappa shape index (κ2) is 6.59.